The minimum atomic E-state index is -0.130. The summed E-state index contributed by atoms with van der Waals surface area (Å²) < 4.78 is 0. The maximum absolute atomic E-state index is 10.8. The Hall–Kier alpha value is -0.340. The molecule has 0 spiro atoms. The molecule has 1 heterocycles. The Kier molecular flexibility index (Phi) is 5.19. The third-order valence-electron chi connectivity index (χ3n) is 12.7. The minimum absolute atomic E-state index is 0.0462. The van der Waals surface area contributed by atoms with Crippen molar-refractivity contribution in [3.63, 3.8) is 0 Å². The van der Waals surface area contributed by atoms with Crippen molar-refractivity contribution in [3.8, 4) is 0 Å². The van der Waals surface area contributed by atoms with Crippen LogP contribution >= 0.6 is 0 Å². The molecule has 2 heteroatoms. The van der Waals surface area contributed by atoms with Crippen LogP contribution in [0.4, 0.5) is 0 Å². The molecule has 2 N–H and O–H groups in total. The van der Waals surface area contributed by atoms with Crippen molar-refractivity contribution >= 4 is 0 Å². The van der Waals surface area contributed by atoms with Crippen molar-refractivity contribution in [2.45, 2.75) is 137 Å². The normalized spacial score (nSPS) is 49.8. The van der Waals surface area contributed by atoms with E-state index in [2.05, 4.69) is 60.7 Å². The molecule has 182 valence electrons. The van der Waals surface area contributed by atoms with Gasteiger partial charge in [-0.25, -0.2) is 0 Å². The molecule has 5 rings (SSSR count). The SMILES string of the molecule is CC(CCC1NC1(C)C)C1CC[C@@]2(C)C3=C(CCC12C)C1(C)CCC(O)C(C)(C)C1CC3. The van der Waals surface area contributed by atoms with Gasteiger partial charge >= 0.3 is 0 Å². The molecule has 0 amide bonds. The highest BCUT2D eigenvalue weighted by molar-refractivity contribution is 5.38. The van der Waals surface area contributed by atoms with Gasteiger partial charge < -0.3 is 10.4 Å². The van der Waals surface area contributed by atoms with E-state index in [1.165, 1.54) is 57.8 Å². The summed E-state index contributed by atoms with van der Waals surface area (Å²) in [7, 11) is 0. The molecule has 0 radical (unpaired) electrons. The number of aliphatic hydroxyl groups is 1. The first kappa shape index (κ1) is 23.4. The smallest absolute Gasteiger partial charge is 0.0594 e. The predicted molar refractivity (Wildman–Crippen MR) is 134 cm³/mol. The number of aliphatic hydroxyl groups excluding tert-OH is 1. The first-order valence-corrected chi connectivity index (χ1v) is 14.0. The fraction of sp³-hybridized carbons (Fsp3) is 0.933. The number of hydrogen-bond donors (Lipinski definition) is 2. The van der Waals surface area contributed by atoms with Gasteiger partial charge in [-0.15, -0.1) is 0 Å². The van der Waals surface area contributed by atoms with Gasteiger partial charge in [0, 0.05) is 11.6 Å². The van der Waals surface area contributed by atoms with E-state index in [1.807, 2.05) is 11.1 Å². The third-order valence-corrected chi connectivity index (χ3v) is 12.7. The number of hydrogen-bond acceptors (Lipinski definition) is 2. The van der Waals surface area contributed by atoms with Crippen molar-refractivity contribution in [1.29, 1.82) is 0 Å². The third kappa shape index (κ3) is 3.03. The first-order chi connectivity index (χ1) is 14.8. The zero-order chi connectivity index (χ0) is 23.3. The topological polar surface area (TPSA) is 42.2 Å². The van der Waals surface area contributed by atoms with E-state index in [0.29, 0.717) is 27.7 Å². The predicted octanol–water partition coefficient (Wildman–Crippen LogP) is 7.26. The molecule has 0 aromatic heterocycles. The summed E-state index contributed by atoms with van der Waals surface area (Å²) in [5.74, 6) is 2.34. The Bertz CT molecular complexity index is 810. The highest BCUT2D eigenvalue weighted by Crippen LogP contribution is 2.72. The van der Waals surface area contributed by atoms with Crippen LogP contribution in [0.5, 0.6) is 0 Å². The summed E-state index contributed by atoms with van der Waals surface area (Å²) in [6.07, 6.45) is 12.9. The van der Waals surface area contributed by atoms with Crippen molar-refractivity contribution in [2.24, 2.45) is 39.4 Å². The van der Waals surface area contributed by atoms with Gasteiger partial charge in [0.1, 0.15) is 0 Å². The van der Waals surface area contributed by atoms with E-state index < -0.39 is 0 Å². The molecule has 0 bridgehead atoms. The molecule has 0 aromatic rings. The fourth-order valence-electron chi connectivity index (χ4n) is 10.1. The van der Waals surface area contributed by atoms with Crippen molar-refractivity contribution in [2.75, 3.05) is 0 Å². The van der Waals surface area contributed by atoms with Gasteiger partial charge in [0.05, 0.1) is 6.10 Å². The Morgan fingerprint density at radius 3 is 2.25 bits per heavy atom. The van der Waals surface area contributed by atoms with E-state index in [0.717, 1.165) is 24.3 Å². The molecule has 3 fully saturated rings. The van der Waals surface area contributed by atoms with E-state index in [4.69, 9.17) is 0 Å². The van der Waals surface area contributed by atoms with Gasteiger partial charge in [-0.3, -0.25) is 0 Å². The number of rotatable bonds is 4. The van der Waals surface area contributed by atoms with Crippen molar-refractivity contribution in [1.82, 2.24) is 5.32 Å². The molecule has 8 atom stereocenters. The van der Waals surface area contributed by atoms with E-state index in [-0.39, 0.29) is 11.5 Å². The second-order valence-electron chi connectivity index (χ2n) is 14.7. The molecule has 2 saturated carbocycles. The van der Waals surface area contributed by atoms with Crippen LogP contribution in [0, 0.1) is 39.4 Å². The standard InChI is InChI=1S/C30H51NO/c1-19(9-12-24-27(4,5)31-24)20-13-17-30(8)22-10-11-23-26(2,3)25(32)15-16-28(23,6)21(22)14-18-29(20,30)7/h19-20,23-25,31-32H,9-18H2,1-8H3/t19?,20?,23?,24?,25?,28?,29?,30-/m0/s1. The zero-order valence-electron chi connectivity index (χ0n) is 22.4. The molecule has 1 aliphatic heterocycles. The summed E-state index contributed by atoms with van der Waals surface area (Å²) in [6.45, 7) is 19.9. The van der Waals surface area contributed by atoms with Crippen LogP contribution in [0.1, 0.15) is 120 Å². The van der Waals surface area contributed by atoms with Gasteiger partial charge in [-0.1, -0.05) is 52.7 Å². The Labute approximate surface area is 198 Å². The van der Waals surface area contributed by atoms with Crippen LogP contribution in [-0.2, 0) is 0 Å². The zero-order valence-corrected chi connectivity index (χ0v) is 22.4. The highest BCUT2D eigenvalue weighted by Gasteiger charge is 2.63. The maximum Gasteiger partial charge on any atom is 0.0594 e. The second-order valence-corrected chi connectivity index (χ2v) is 14.7. The first-order valence-electron chi connectivity index (χ1n) is 14.0. The quantitative estimate of drug-likeness (QED) is 0.356. The van der Waals surface area contributed by atoms with Crippen LogP contribution in [-0.4, -0.2) is 22.8 Å². The summed E-state index contributed by atoms with van der Waals surface area (Å²) >= 11 is 0. The fourth-order valence-corrected chi connectivity index (χ4v) is 10.1. The van der Waals surface area contributed by atoms with Gasteiger partial charge in [0.15, 0.2) is 0 Å². The van der Waals surface area contributed by atoms with Gasteiger partial charge in [0.2, 0.25) is 0 Å². The second kappa shape index (κ2) is 7.09. The lowest BCUT2D eigenvalue weighted by Gasteiger charge is -2.62. The van der Waals surface area contributed by atoms with Crippen LogP contribution in [0.3, 0.4) is 0 Å². The summed E-state index contributed by atoms with van der Waals surface area (Å²) in [5.41, 5.74) is 5.34. The van der Waals surface area contributed by atoms with Crippen LogP contribution in [0.15, 0.2) is 11.1 Å². The average Bonchev–Trinajstić information content (AvgIpc) is 3.22. The monoisotopic (exact) mass is 441 g/mol. The Morgan fingerprint density at radius 2 is 1.59 bits per heavy atom. The molecule has 4 aliphatic carbocycles. The number of nitrogens with one attached hydrogen (secondary N) is 1. The molecule has 32 heavy (non-hydrogen) atoms. The van der Waals surface area contributed by atoms with E-state index >= 15 is 0 Å². The maximum atomic E-state index is 10.8. The highest BCUT2D eigenvalue weighted by atomic mass is 16.3. The van der Waals surface area contributed by atoms with Gasteiger partial charge in [-0.05, 0) is 117 Å². The van der Waals surface area contributed by atoms with Crippen LogP contribution in [0.25, 0.3) is 0 Å². The van der Waals surface area contributed by atoms with E-state index in [1.54, 1.807) is 0 Å². The molecule has 0 aromatic carbocycles. The molecular formula is C30H51NO. The van der Waals surface area contributed by atoms with Gasteiger partial charge in [0.25, 0.3) is 0 Å². The molecule has 7 unspecified atom stereocenters. The summed E-state index contributed by atoms with van der Waals surface area (Å²) in [5, 5.41) is 14.5. The number of fused-ring (bicyclic) bond motifs is 4. The average molecular weight is 442 g/mol. The summed E-state index contributed by atoms with van der Waals surface area (Å²) in [4.78, 5) is 0. The minimum Gasteiger partial charge on any atom is -0.393 e. The Balaban J connectivity index is 1.41. The van der Waals surface area contributed by atoms with Crippen molar-refractivity contribution < 1.29 is 5.11 Å². The molecule has 5 aliphatic rings. The lowest BCUT2D eigenvalue weighted by Crippen LogP contribution is -2.55. The Morgan fingerprint density at radius 1 is 0.906 bits per heavy atom. The van der Waals surface area contributed by atoms with Crippen molar-refractivity contribution in [3.05, 3.63) is 11.1 Å². The lowest BCUT2D eigenvalue weighted by molar-refractivity contribution is -0.0962. The number of allylic oxidation sites excluding steroid dienone is 2. The summed E-state index contributed by atoms with van der Waals surface area (Å²) in [6, 6.07) is 0.742. The van der Waals surface area contributed by atoms with E-state index in [9.17, 15) is 5.11 Å². The largest absolute Gasteiger partial charge is 0.393 e. The lowest BCUT2D eigenvalue weighted by atomic mass is 9.43. The molecule has 1 saturated heterocycles. The molecular weight excluding hydrogens is 390 g/mol. The van der Waals surface area contributed by atoms with Crippen LogP contribution in [0.2, 0.25) is 0 Å². The van der Waals surface area contributed by atoms with Gasteiger partial charge in [-0.2, -0.15) is 0 Å². The van der Waals surface area contributed by atoms with Crippen LogP contribution < -0.4 is 5.32 Å². The molecule has 2 nitrogen and oxygen atoms in total.